The van der Waals surface area contributed by atoms with Crippen molar-refractivity contribution >= 4 is 11.8 Å². The highest BCUT2D eigenvalue weighted by atomic mass is 16.6. The van der Waals surface area contributed by atoms with E-state index in [1.54, 1.807) is 39.0 Å². The second kappa shape index (κ2) is 6.87. The number of hydrogen-bond donors (Lipinski definition) is 3. The lowest BCUT2D eigenvalue weighted by atomic mass is 9.59. The lowest BCUT2D eigenvalue weighted by Crippen LogP contribution is -2.66. The quantitative estimate of drug-likeness (QED) is 0.361. The van der Waals surface area contributed by atoms with Crippen LogP contribution < -0.4 is 0 Å². The van der Waals surface area contributed by atoms with Crippen LogP contribution in [0, 0.1) is 34.5 Å². The Bertz CT molecular complexity index is 926. The highest BCUT2D eigenvalue weighted by molar-refractivity contribution is 5.95. The largest absolute Gasteiger partial charge is 0.451 e. The van der Waals surface area contributed by atoms with E-state index in [9.17, 15) is 24.9 Å². The summed E-state index contributed by atoms with van der Waals surface area (Å²) in [5.74, 6) is -1.18. The molecule has 0 aromatic carbocycles. The second-order valence-corrected chi connectivity index (χ2v) is 10.6. The van der Waals surface area contributed by atoms with Gasteiger partial charge in [-0.2, -0.15) is 0 Å². The highest BCUT2D eigenvalue weighted by Gasteiger charge is 2.76. The molecule has 4 rings (SSSR count). The summed E-state index contributed by atoms with van der Waals surface area (Å²) in [6.45, 7) is 10.8. The Labute approximate surface area is 183 Å². The van der Waals surface area contributed by atoms with Crippen LogP contribution in [0.5, 0.6) is 0 Å². The van der Waals surface area contributed by atoms with Crippen molar-refractivity contribution in [3.8, 4) is 0 Å². The van der Waals surface area contributed by atoms with Crippen molar-refractivity contribution in [1.29, 1.82) is 0 Å². The summed E-state index contributed by atoms with van der Waals surface area (Å²) in [6.07, 6.45) is 3.04. The molecule has 6 heteroatoms. The number of aliphatic hydroxyl groups is 3. The number of carbonyl (C=O) groups is 2. The maximum Gasteiger partial charge on any atom is 0.334 e. The zero-order valence-electron chi connectivity index (χ0n) is 19.2. The topological polar surface area (TPSA) is 104 Å². The molecule has 6 nitrogen and oxygen atoms in total. The van der Waals surface area contributed by atoms with Crippen molar-refractivity contribution in [2.45, 2.75) is 65.8 Å². The molecule has 8 atom stereocenters. The number of esters is 1. The van der Waals surface area contributed by atoms with Crippen molar-refractivity contribution in [2.75, 3.05) is 6.61 Å². The molecule has 0 radical (unpaired) electrons. The van der Waals surface area contributed by atoms with E-state index in [-0.39, 0.29) is 28.6 Å². The lowest BCUT2D eigenvalue weighted by Gasteiger charge is -2.49. The van der Waals surface area contributed by atoms with Gasteiger partial charge < -0.3 is 20.1 Å². The van der Waals surface area contributed by atoms with E-state index < -0.39 is 41.7 Å². The summed E-state index contributed by atoms with van der Waals surface area (Å²) in [5, 5.41) is 33.7. The zero-order chi connectivity index (χ0) is 23.1. The third kappa shape index (κ3) is 2.61. The average Bonchev–Trinajstić information content (AvgIpc) is 3.23. The molecule has 0 aliphatic heterocycles. The molecule has 2 bridgehead atoms. The number of ether oxygens (including phenoxy) is 1. The first-order valence-electron chi connectivity index (χ1n) is 11.2. The van der Waals surface area contributed by atoms with E-state index in [2.05, 4.69) is 13.8 Å². The third-order valence-electron chi connectivity index (χ3n) is 8.88. The van der Waals surface area contributed by atoms with Gasteiger partial charge in [-0.15, -0.1) is 0 Å². The number of aliphatic hydroxyl groups excluding tert-OH is 2. The van der Waals surface area contributed by atoms with Gasteiger partial charge in [0.2, 0.25) is 0 Å². The van der Waals surface area contributed by atoms with Crippen molar-refractivity contribution in [2.24, 2.45) is 34.5 Å². The van der Waals surface area contributed by atoms with Gasteiger partial charge in [-0.05, 0) is 61.5 Å². The molecule has 0 saturated heterocycles. The minimum atomic E-state index is -2.08. The molecule has 0 heterocycles. The number of rotatable bonds is 3. The number of fused-ring (bicyclic) bond motifs is 3. The Balaban J connectivity index is 1.96. The van der Waals surface area contributed by atoms with Crippen molar-refractivity contribution in [3.63, 3.8) is 0 Å². The molecule has 1 spiro atoms. The molecule has 0 amide bonds. The summed E-state index contributed by atoms with van der Waals surface area (Å²) >= 11 is 0. The van der Waals surface area contributed by atoms with Gasteiger partial charge in [-0.1, -0.05) is 39.0 Å². The van der Waals surface area contributed by atoms with Crippen LogP contribution in [0.4, 0.5) is 0 Å². The minimum Gasteiger partial charge on any atom is -0.451 e. The van der Waals surface area contributed by atoms with E-state index in [1.165, 1.54) is 0 Å². The molecule has 4 aliphatic carbocycles. The Morgan fingerprint density at radius 2 is 2.00 bits per heavy atom. The first-order valence-corrected chi connectivity index (χ1v) is 11.2. The predicted molar refractivity (Wildman–Crippen MR) is 115 cm³/mol. The smallest absolute Gasteiger partial charge is 0.334 e. The van der Waals surface area contributed by atoms with Gasteiger partial charge in [0.05, 0.1) is 12.0 Å². The molecule has 3 N–H and O–H groups in total. The SMILES string of the molecule is C/C=C(/C)C(=O)O[C@@H]1C(CO)=C[C@@H]2C(=O)[C@]3(C=C(C)[C@H](O)[C@@]13O)[C@H](C)C[C@@H]1C2C1(C)C. The minimum absolute atomic E-state index is 0.0284. The molecule has 2 saturated carbocycles. The van der Waals surface area contributed by atoms with E-state index in [1.807, 2.05) is 6.92 Å². The normalized spacial score (nSPS) is 45.6. The molecule has 4 aliphatic rings. The number of hydrogen-bond acceptors (Lipinski definition) is 6. The molecule has 2 fully saturated rings. The summed E-state index contributed by atoms with van der Waals surface area (Å²) in [7, 11) is 0. The van der Waals surface area contributed by atoms with Crippen LogP contribution >= 0.6 is 0 Å². The first kappa shape index (κ1) is 22.4. The third-order valence-corrected chi connectivity index (χ3v) is 8.88. The molecule has 170 valence electrons. The molecular formula is C25H34O6. The molecule has 31 heavy (non-hydrogen) atoms. The van der Waals surface area contributed by atoms with E-state index in [4.69, 9.17) is 4.74 Å². The van der Waals surface area contributed by atoms with Crippen molar-refractivity contribution < 1.29 is 29.6 Å². The van der Waals surface area contributed by atoms with Gasteiger partial charge in [-0.25, -0.2) is 4.79 Å². The standard InChI is InChI=1S/C25H34O6/c1-7-12(2)22(29)31-21-15(11-26)9-16-18-17(23(18,5)6)8-14(4)24(20(16)28)10-13(3)19(27)25(21,24)30/h7,9-10,14,16-19,21,26-27,30H,8,11H2,1-6H3/b12-7-/t14-,16+,17-,18?,19+,21-,24+,25-/m1/s1. The van der Waals surface area contributed by atoms with Gasteiger partial charge in [0.25, 0.3) is 0 Å². The maximum atomic E-state index is 14.2. The lowest BCUT2D eigenvalue weighted by molar-refractivity contribution is -0.202. The monoisotopic (exact) mass is 430 g/mol. The van der Waals surface area contributed by atoms with Crippen LogP contribution in [0.2, 0.25) is 0 Å². The number of allylic oxidation sites excluding steroid dienone is 2. The van der Waals surface area contributed by atoms with Crippen LogP contribution in [0.25, 0.3) is 0 Å². The van der Waals surface area contributed by atoms with Crippen LogP contribution in [-0.2, 0) is 14.3 Å². The Kier molecular flexibility index (Phi) is 4.97. The van der Waals surface area contributed by atoms with Crippen LogP contribution in [0.1, 0.15) is 48.0 Å². The summed E-state index contributed by atoms with van der Waals surface area (Å²) in [4.78, 5) is 26.9. The zero-order valence-corrected chi connectivity index (χ0v) is 19.2. The fourth-order valence-electron chi connectivity index (χ4n) is 6.89. The fourth-order valence-corrected chi connectivity index (χ4v) is 6.89. The summed E-state index contributed by atoms with van der Waals surface area (Å²) in [6, 6.07) is 0. The van der Waals surface area contributed by atoms with E-state index in [0.29, 0.717) is 17.1 Å². The molecular weight excluding hydrogens is 396 g/mol. The number of carbonyl (C=O) groups excluding carboxylic acids is 2. The molecule has 0 aromatic heterocycles. The van der Waals surface area contributed by atoms with Crippen molar-refractivity contribution in [1.82, 2.24) is 0 Å². The maximum absolute atomic E-state index is 14.2. The van der Waals surface area contributed by atoms with Crippen LogP contribution in [0.15, 0.2) is 34.9 Å². The van der Waals surface area contributed by atoms with Gasteiger partial charge in [0.1, 0.15) is 6.10 Å². The molecule has 0 aromatic rings. The van der Waals surface area contributed by atoms with Crippen LogP contribution in [-0.4, -0.2) is 51.5 Å². The fraction of sp³-hybridized carbons (Fsp3) is 0.680. The Morgan fingerprint density at radius 1 is 1.35 bits per heavy atom. The van der Waals surface area contributed by atoms with E-state index in [0.717, 1.165) is 6.42 Å². The number of ketones is 1. The van der Waals surface area contributed by atoms with Crippen molar-refractivity contribution in [3.05, 3.63) is 34.9 Å². The Hall–Kier alpha value is -1.76. The van der Waals surface area contributed by atoms with Gasteiger partial charge >= 0.3 is 5.97 Å². The van der Waals surface area contributed by atoms with Gasteiger partial charge in [-0.3, -0.25) is 4.79 Å². The summed E-state index contributed by atoms with van der Waals surface area (Å²) < 4.78 is 5.77. The Morgan fingerprint density at radius 3 is 2.58 bits per heavy atom. The van der Waals surface area contributed by atoms with Crippen LogP contribution in [0.3, 0.4) is 0 Å². The van der Waals surface area contributed by atoms with Gasteiger partial charge in [0, 0.05) is 11.5 Å². The summed E-state index contributed by atoms with van der Waals surface area (Å²) in [5.41, 5.74) is -2.40. The highest BCUT2D eigenvalue weighted by Crippen LogP contribution is 2.71. The average molecular weight is 431 g/mol. The first-order chi connectivity index (χ1) is 14.4. The second-order valence-electron chi connectivity index (χ2n) is 10.6. The predicted octanol–water partition coefficient (Wildman–Crippen LogP) is 2.33. The van der Waals surface area contributed by atoms with Gasteiger partial charge in [0.15, 0.2) is 17.5 Å². The van der Waals surface area contributed by atoms with E-state index >= 15 is 0 Å². The number of Topliss-reactive ketones (excluding diaryl/α,β-unsaturated/α-hetero) is 1. The molecule has 1 unspecified atom stereocenters.